The molecule has 15 heavy (non-hydrogen) atoms. The van der Waals surface area contributed by atoms with Gasteiger partial charge in [0.15, 0.2) is 5.82 Å². The summed E-state index contributed by atoms with van der Waals surface area (Å²) in [6.07, 6.45) is 2.02. The Labute approximate surface area is 99.4 Å². The summed E-state index contributed by atoms with van der Waals surface area (Å²) in [6.45, 7) is 5.18. The van der Waals surface area contributed by atoms with E-state index in [1.807, 2.05) is 6.26 Å². The molecule has 0 amide bonds. The lowest BCUT2D eigenvalue weighted by Crippen LogP contribution is -2.24. The SMILES string of the molecule is CCN(C)CCNc1snc(N)c1SC. The Morgan fingerprint density at radius 2 is 2.33 bits per heavy atom. The van der Waals surface area contributed by atoms with Crippen molar-refractivity contribution in [3.05, 3.63) is 0 Å². The minimum atomic E-state index is 0.638. The lowest BCUT2D eigenvalue weighted by Gasteiger charge is -2.14. The lowest BCUT2D eigenvalue weighted by molar-refractivity contribution is 0.367. The minimum absolute atomic E-state index is 0.638. The topological polar surface area (TPSA) is 54.2 Å². The Hall–Kier alpha value is -0.460. The van der Waals surface area contributed by atoms with Gasteiger partial charge >= 0.3 is 0 Å². The molecule has 0 radical (unpaired) electrons. The first-order chi connectivity index (χ1) is 7.19. The molecule has 0 aromatic carbocycles. The highest BCUT2D eigenvalue weighted by Gasteiger charge is 2.09. The van der Waals surface area contributed by atoms with E-state index in [9.17, 15) is 0 Å². The first kappa shape index (κ1) is 12.6. The summed E-state index contributed by atoms with van der Waals surface area (Å²) in [5.74, 6) is 0.638. The molecule has 6 heteroatoms. The van der Waals surface area contributed by atoms with Crippen molar-refractivity contribution in [2.75, 3.05) is 44.0 Å². The number of anilines is 2. The van der Waals surface area contributed by atoms with Gasteiger partial charge in [-0.3, -0.25) is 0 Å². The maximum atomic E-state index is 5.74. The van der Waals surface area contributed by atoms with E-state index in [0.29, 0.717) is 5.82 Å². The minimum Gasteiger partial charge on any atom is -0.382 e. The zero-order chi connectivity index (χ0) is 11.3. The van der Waals surface area contributed by atoms with Gasteiger partial charge in [-0.2, -0.15) is 4.37 Å². The molecule has 1 aromatic heterocycles. The summed E-state index contributed by atoms with van der Waals surface area (Å²) in [5, 5.41) is 4.45. The van der Waals surface area contributed by atoms with E-state index in [1.54, 1.807) is 11.8 Å². The zero-order valence-electron chi connectivity index (χ0n) is 9.41. The molecule has 0 spiro atoms. The van der Waals surface area contributed by atoms with Crippen LogP contribution in [0.25, 0.3) is 0 Å². The number of nitrogens with one attached hydrogen (secondary N) is 1. The average molecular weight is 246 g/mol. The number of nitrogens with zero attached hydrogens (tertiary/aromatic N) is 2. The molecule has 0 saturated heterocycles. The second-order valence-electron chi connectivity index (χ2n) is 3.25. The fraction of sp³-hybridized carbons (Fsp3) is 0.667. The van der Waals surface area contributed by atoms with Crippen molar-refractivity contribution in [3.8, 4) is 0 Å². The summed E-state index contributed by atoms with van der Waals surface area (Å²) in [4.78, 5) is 3.33. The summed E-state index contributed by atoms with van der Waals surface area (Å²) in [7, 11) is 2.11. The Bertz CT molecular complexity index is 300. The van der Waals surface area contributed by atoms with Crippen LogP contribution in [0, 0.1) is 0 Å². The van der Waals surface area contributed by atoms with Crippen molar-refractivity contribution in [3.63, 3.8) is 0 Å². The van der Waals surface area contributed by atoms with Crippen molar-refractivity contribution in [1.82, 2.24) is 9.27 Å². The quantitative estimate of drug-likeness (QED) is 0.750. The Balaban J connectivity index is 2.43. The van der Waals surface area contributed by atoms with E-state index in [1.165, 1.54) is 11.5 Å². The van der Waals surface area contributed by atoms with Crippen LogP contribution < -0.4 is 11.1 Å². The highest BCUT2D eigenvalue weighted by atomic mass is 32.2. The second kappa shape index (κ2) is 6.19. The maximum Gasteiger partial charge on any atom is 0.153 e. The Morgan fingerprint density at radius 3 is 2.93 bits per heavy atom. The highest BCUT2D eigenvalue weighted by molar-refractivity contribution is 7.99. The molecule has 0 aliphatic heterocycles. The Kier molecular flexibility index (Phi) is 5.21. The molecular formula is C9H18N4S2. The number of nitrogens with two attached hydrogens (primary N) is 1. The van der Waals surface area contributed by atoms with E-state index in [4.69, 9.17) is 5.73 Å². The van der Waals surface area contributed by atoms with Crippen molar-refractivity contribution in [2.24, 2.45) is 0 Å². The van der Waals surface area contributed by atoms with E-state index < -0.39 is 0 Å². The second-order valence-corrected chi connectivity index (χ2v) is 4.84. The van der Waals surface area contributed by atoms with Gasteiger partial charge in [0.25, 0.3) is 0 Å². The molecular weight excluding hydrogens is 228 g/mol. The van der Waals surface area contributed by atoms with Gasteiger partial charge in [-0.05, 0) is 31.4 Å². The maximum absolute atomic E-state index is 5.74. The van der Waals surface area contributed by atoms with Crippen LogP contribution in [0.3, 0.4) is 0 Å². The monoisotopic (exact) mass is 246 g/mol. The predicted octanol–water partition coefficient (Wildman–Crippen LogP) is 1.81. The van der Waals surface area contributed by atoms with E-state index in [0.717, 1.165) is 29.5 Å². The number of thioether (sulfide) groups is 1. The number of hydrogen-bond acceptors (Lipinski definition) is 6. The fourth-order valence-corrected chi connectivity index (χ4v) is 2.69. The molecule has 0 aliphatic carbocycles. The van der Waals surface area contributed by atoms with Crippen molar-refractivity contribution in [1.29, 1.82) is 0 Å². The van der Waals surface area contributed by atoms with E-state index in [2.05, 4.69) is 28.6 Å². The Morgan fingerprint density at radius 1 is 1.60 bits per heavy atom. The third kappa shape index (κ3) is 3.55. The van der Waals surface area contributed by atoms with Crippen LogP contribution in [-0.4, -0.2) is 42.2 Å². The van der Waals surface area contributed by atoms with Crippen LogP contribution in [0.1, 0.15) is 6.92 Å². The molecule has 1 aromatic rings. The first-order valence-electron chi connectivity index (χ1n) is 4.90. The molecule has 86 valence electrons. The molecule has 4 nitrogen and oxygen atoms in total. The molecule has 0 atom stereocenters. The molecule has 0 unspecified atom stereocenters. The van der Waals surface area contributed by atoms with Gasteiger partial charge in [0.1, 0.15) is 5.00 Å². The normalized spacial score (nSPS) is 10.9. The van der Waals surface area contributed by atoms with Gasteiger partial charge in [-0.15, -0.1) is 11.8 Å². The van der Waals surface area contributed by atoms with Crippen LogP contribution in [0.4, 0.5) is 10.8 Å². The summed E-state index contributed by atoms with van der Waals surface area (Å²) >= 11 is 3.07. The fourth-order valence-electron chi connectivity index (χ4n) is 1.12. The van der Waals surface area contributed by atoms with Crippen LogP contribution in [-0.2, 0) is 0 Å². The summed E-state index contributed by atoms with van der Waals surface area (Å²) in [5.41, 5.74) is 5.74. The predicted molar refractivity (Wildman–Crippen MR) is 70.0 cm³/mol. The first-order valence-corrected chi connectivity index (χ1v) is 6.90. The van der Waals surface area contributed by atoms with Gasteiger partial charge in [0, 0.05) is 13.1 Å². The van der Waals surface area contributed by atoms with Gasteiger partial charge < -0.3 is 16.0 Å². The summed E-state index contributed by atoms with van der Waals surface area (Å²) < 4.78 is 4.13. The number of aromatic nitrogens is 1. The molecule has 0 bridgehead atoms. The molecule has 3 N–H and O–H groups in total. The third-order valence-electron chi connectivity index (χ3n) is 2.20. The van der Waals surface area contributed by atoms with Crippen molar-refractivity contribution >= 4 is 34.1 Å². The van der Waals surface area contributed by atoms with Crippen LogP contribution in [0.5, 0.6) is 0 Å². The number of rotatable bonds is 6. The van der Waals surface area contributed by atoms with E-state index in [-0.39, 0.29) is 0 Å². The molecule has 1 heterocycles. The molecule has 1 rings (SSSR count). The molecule has 0 aliphatic rings. The van der Waals surface area contributed by atoms with Gasteiger partial charge in [-0.1, -0.05) is 6.92 Å². The number of hydrogen-bond donors (Lipinski definition) is 2. The third-order valence-corrected chi connectivity index (χ3v) is 3.97. The van der Waals surface area contributed by atoms with E-state index >= 15 is 0 Å². The summed E-state index contributed by atoms with van der Waals surface area (Å²) in [6, 6.07) is 0. The highest BCUT2D eigenvalue weighted by Crippen LogP contribution is 2.34. The zero-order valence-corrected chi connectivity index (χ0v) is 11.0. The van der Waals surface area contributed by atoms with Crippen LogP contribution >= 0.6 is 23.3 Å². The van der Waals surface area contributed by atoms with Crippen LogP contribution in [0.2, 0.25) is 0 Å². The smallest absolute Gasteiger partial charge is 0.153 e. The van der Waals surface area contributed by atoms with Crippen molar-refractivity contribution in [2.45, 2.75) is 11.8 Å². The lowest BCUT2D eigenvalue weighted by atomic mass is 10.5. The number of likely N-dealkylation sites (N-methyl/N-ethyl adjacent to an activating group) is 1. The largest absolute Gasteiger partial charge is 0.382 e. The van der Waals surface area contributed by atoms with Crippen LogP contribution in [0.15, 0.2) is 4.90 Å². The van der Waals surface area contributed by atoms with Gasteiger partial charge in [0.05, 0.1) is 4.90 Å². The molecule has 0 saturated carbocycles. The van der Waals surface area contributed by atoms with Gasteiger partial charge in [0.2, 0.25) is 0 Å². The average Bonchev–Trinajstić information content (AvgIpc) is 2.59. The van der Waals surface area contributed by atoms with Crippen molar-refractivity contribution < 1.29 is 0 Å². The standard InChI is InChI=1S/C9H18N4S2/c1-4-13(2)6-5-11-9-7(14-3)8(10)12-15-9/h11H,4-6H2,1-3H3,(H2,10,12). The number of nitrogen functional groups attached to an aromatic ring is 1. The van der Waals surface area contributed by atoms with Gasteiger partial charge in [-0.25, -0.2) is 0 Å². The molecule has 0 fully saturated rings.